The third kappa shape index (κ3) is 2.08. The van der Waals surface area contributed by atoms with Gasteiger partial charge in [-0.25, -0.2) is 0 Å². The van der Waals surface area contributed by atoms with Crippen molar-refractivity contribution in [3.8, 4) is 0 Å². The average Bonchev–Trinajstić information content (AvgIpc) is 2.02. The van der Waals surface area contributed by atoms with Crippen LogP contribution in [0.25, 0.3) is 0 Å². The maximum atomic E-state index is 9.53. The molecule has 1 aromatic rings. The van der Waals surface area contributed by atoms with Crippen LogP contribution in [-0.2, 0) is 0 Å². The molecular formula is C11H16O2. The predicted molar refractivity (Wildman–Crippen MR) is 52.7 cm³/mol. The number of hydrogen-bond donors (Lipinski definition) is 2. The second-order valence-electron chi connectivity index (χ2n) is 3.51. The highest BCUT2D eigenvalue weighted by atomic mass is 16.3. The van der Waals surface area contributed by atoms with Crippen LogP contribution < -0.4 is 0 Å². The molecule has 0 saturated heterocycles. The van der Waals surface area contributed by atoms with Gasteiger partial charge in [0.15, 0.2) is 0 Å². The van der Waals surface area contributed by atoms with E-state index in [0.29, 0.717) is 0 Å². The minimum atomic E-state index is -0.749. The maximum absolute atomic E-state index is 9.53. The monoisotopic (exact) mass is 180 g/mol. The molecule has 1 unspecified atom stereocenters. The van der Waals surface area contributed by atoms with Gasteiger partial charge in [0.05, 0.1) is 6.61 Å². The summed E-state index contributed by atoms with van der Waals surface area (Å²) in [5, 5.41) is 18.4. The van der Waals surface area contributed by atoms with E-state index in [-0.39, 0.29) is 6.61 Å². The van der Waals surface area contributed by atoms with Crippen LogP contribution in [-0.4, -0.2) is 16.8 Å². The summed E-state index contributed by atoms with van der Waals surface area (Å²) >= 11 is 0. The first kappa shape index (κ1) is 10.2. The molecule has 1 rings (SSSR count). The van der Waals surface area contributed by atoms with E-state index in [9.17, 15) is 5.11 Å². The first-order valence-electron chi connectivity index (χ1n) is 4.43. The van der Waals surface area contributed by atoms with E-state index in [0.717, 1.165) is 16.7 Å². The van der Waals surface area contributed by atoms with Gasteiger partial charge in [0.2, 0.25) is 0 Å². The predicted octanol–water partition coefficient (Wildman–Crippen LogP) is 1.64. The highest BCUT2D eigenvalue weighted by Gasteiger charge is 2.11. The Morgan fingerprint density at radius 2 is 1.62 bits per heavy atom. The first-order chi connectivity index (χ1) is 6.06. The van der Waals surface area contributed by atoms with E-state index in [1.165, 1.54) is 5.56 Å². The topological polar surface area (TPSA) is 40.5 Å². The summed E-state index contributed by atoms with van der Waals surface area (Å²) < 4.78 is 0. The highest BCUT2D eigenvalue weighted by molar-refractivity contribution is 5.38. The van der Waals surface area contributed by atoms with E-state index in [1.54, 1.807) is 0 Å². The van der Waals surface area contributed by atoms with Crippen LogP contribution in [0.3, 0.4) is 0 Å². The second kappa shape index (κ2) is 3.90. The van der Waals surface area contributed by atoms with Gasteiger partial charge in [-0.15, -0.1) is 0 Å². The lowest BCUT2D eigenvalue weighted by atomic mass is 9.96. The third-order valence-electron chi connectivity index (χ3n) is 2.24. The molecule has 0 saturated carbocycles. The van der Waals surface area contributed by atoms with Crippen molar-refractivity contribution in [2.45, 2.75) is 26.9 Å². The van der Waals surface area contributed by atoms with Crippen molar-refractivity contribution in [3.05, 3.63) is 34.4 Å². The Morgan fingerprint density at radius 3 is 2.00 bits per heavy atom. The van der Waals surface area contributed by atoms with E-state index in [4.69, 9.17) is 5.11 Å². The zero-order valence-corrected chi connectivity index (χ0v) is 8.33. The number of aliphatic hydroxyl groups excluding tert-OH is 2. The molecule has 0 fully saturated rings. The van der Waals surface area contributed by atoms with E-state index >= 15 is 0 Å². The largest absolute Gasteiger partial charge is 0.393 e. The molecular weight excluding hydrogens is 164 g/mol. The van der Waals surface area contributed by atoms with Crippen molar-refractivity contribution in [3.63, 3.8) is 0 Å². The minimum absolute atomic E-state index is 0.218. The zero-order valence-electron chi connectivity index (χ0n) is 8.33. The molecule has 13 heavy (non-hydrogen) atoms. The summed E-state index contributed by atoms with van der Waals surface area (Å²) in [6.07, 6.45) is -0.749. The van der Waals surface area contributed by atoms with Gasteiger partial charge < -0.3 is 10.2 Å². The molecule has 0 radical (unpaired) electrons. The van der Waals surface area contributed by atoms with Gasteiger partial charge in [-0.1, -0.05) is 17.7 Å². The Balaban J connectivity index is 3.20. The van der Waals surface area contributed by atoms with Crippen LogP contribution in [0.5, 0.6) is 0 Å². The quantitative estimate of drug-likeness (QED) is 0.726. The van der Waals surface area contributed by atoms with Crippen LogP contribution >= 0.6 is 0 Å². The molecule has 2 nitrogen and oxygen atoms in total. The molecule has 2 heteroatoms. The van der Waals surface area contributed by atoms with Crippen molar-refractivity contribution in [2.75, 3.05) is 6.61 Å². The number of rotatable bonds is 2. The lowest BCUT2D eigenvalue weighted by Crippen LogP contribution is -2.07. The maximum Gasteiger partial charge on any atom is 0.103 e. The molecule has 0 aliphatic rings. The normalized spacial score (nSPS) is 13.0. The molecule has 0 aromatic heterocycles. The fourth-order valence-electron chi connectivity index (χ4n) is 1.81. The molecule has 1 atom stereocenters. The number of aliphatic hydroxyl groups is 2. The fraction of sp³-hybridized carbons (Fsp3) is 0.455. The minimum Gasteiger partial charge on any atom is -0.393 e. The number of aryl methyl sites for hydroxylation is 3. The molecule has 0 bridgehead atoms. The standard InChI is InChI=1S/C11H16O2/c1-7-4-8(2)11(9(3)5-7)10(13)6-12/h4-5,10,12-13H,6H2,1-3H3. The van der Waals surface area contributed by atoms with Crippen LogP contribution in [0.15, 0.2) is 12.1 Å². The van der Waals surface area contributed by atoms with Crippen LogP contribution in [0.1, 0.15) is 28.4 Å². The molecule has 2 N–H and O–H groups in total. The summed E-state index contributed by atoms with van der Waals surface area (Å²) in [4.78, 5) is 0. The number of hydrogen-bond acceptors (Lipinski definition) is 2. The van der Waals surface area contributed by atoms with Gasteiger partial charge in [-0.3, -0.25) is 0 Å². The van der Waals surface area contributed by atoms with Crippen LogP contribution in [0, 0.1) is 20.8 Å². The number of benzene rings is 1. The van der Waals surface area contributed by atoms with Crippen molar-refractivity contribution in [2.24, 2.45) is 0 Å². The lowest BCUT2D eigenvalue weighted by molar-refractivity contribution is 0.0946. The summed E-state index contributed by atoms with van der Waals surface area (Å²) in [5.74, 6) is 0. The molecule has 0 heterocycles. The summed E-state index contributed by atoms with van der Waals surface area (Å²) in [6.45, 7) is 5.71. The Hall–Kier alpha value is -0.860. The van der Waals surface area contributed by atoms with Crippen molar-refractivity contribution in [1.82, 2.24) is 0 Å². The molecule has 1 aromatic carbocycles. The summed E-state index contributed by atoms with van der Waals surface area (Å²) in [7, 11) is 0. The van der Waals surface area contributed by atoms with Gasteiger partial charge in [0.25, 0.3) is 0 Å². The Labute approximate surface area is 78.8 Å². The van der Waals surface area contributed by atoms with Gasteiger partial charge >= 0.3 is 0 Å². The fourth-order valence-corrected chi connectivity index (χ4v) is 1.81. The SMILES string of the molecule is Cc1cc(C)c(C(O)CO)c(C)c1. The van der Waals surface area contributed by atoms with Gasteiger partial charge in [0, 0.05) is 0 Å². The Kier molecular flexibility index (Phi) is 3.07. The van der Waals surface area contributed by atoms with Crippen molar-refractivity contribution in [1.29, 1.82) is 0 Å². The van der Waals surface area contributed by atoms with E-state index in [1.807, 2.05) is 32.9 Å². The molecule has 0 aliphatic carbocycles. The van der Waals surface area contributed by atoms with E-state index < -0.39 is 6.10 Å². The van der Waals surface area contributed by atoms with Gasteiger partial charge in [-0.05, 0) is 37.5 Å². The van der Waals surface area contributed by atoms with Gasteiger partial charge in [0.1, 0.15) is 6.10 Å². The smallest absolute Gasteiger partial charge is 0.103 e. The molecule has 0 aliphatic heterocycles. The molecule has 72 valence electrons. The van der Waals surface area contributed by atoms with Crippen LogP contribution in [0.2, 0.25) is 0 Å². The van der Waals surface area contributed by atoms with E-state index in [2.05, 4.69) is 0 Å². The second-order valence-corrected chi connectivity index (χ2v) is 3.51. The Bertz CT molecular complexity index is 282. The highest BCUT2D eigenvalue weighted by Crippen LogP contribution is 2.22. The van der Waals surface area contributed by atoms with Gasteiger partial charge in [-0.2, -0.15) is 0 Å². The third-order valence-corrected chi connectivity index (χ3v) is 2.24. The average molecular weight is 180 g/mol. The van der Waals surface area contributed by atoms with Crippen molar-refractivity contribution < 1.29 is 10.2 Å². The zero-order chi connectivity index (χ0) is 10.0. The Morgan fingerprint density at radius 1 is 1.15 bits per heavy atom. The lowest BCUT2D eigenvalue weighted by Gasteiger charge is -2.15. The van der Waals surface area contributed by atoms with Crippen molar-refractivity contribution >= 4 is 0 Å². The molecule has 0 amide bonds. The summed E-state index contributed by atoms with van der Waals surface area (Å²) in [6, 6.07) is 4.03. The van der Waals surface area contributed by atoms with Crippen LogP contribution in [0.4, 0.5) is 0 Å². The molecule has 0 spiro atoms. The first-order valence-corrected chi connectivity index (χ1v) is 4.43. The summed E-state index contributed by atoms with van der Waals surface area (Å²) in [5.41, 5.74) is 4.12.